The summed E-state index contributed by atoms with van der Waals surface area (Å²) in [5, 5.41) is 16.7. The van der Waals surface area contributed by atoms with Crippen LogP contribution in [0.15, 0.2) is 28.5 Å². The van der Waals surface area contributed by atoms with E-state index in [1.807, 2.05) is 0 Å². The first-order valence-corrected chi connectivity index (χ1v) is 15.4. The molecule has 1 aliphatic heterocycles. The Balaban J connectivity index is 1.48. The number of carboxylic acids is 1. The molecule has 0 bridgehead atoms. The van der Waals surface area contributed by atoms with Crippen molar-refractivity contribution < 1.29 is 42.5 Å². The third-order valence-corrected chi connectivity index (χ3v) is 7.86. The normalized spacial score (nSPS) is 17.4. The largest absolute Gasteiger partial charge is 0.492 e. The molecule has 15 heteroatoms. The number of pyridine rings is 1. The fourth-order valence-electron chi connectivity index (χ4n) is 5.40. The summed E-state index contributed by atoms with van der Waals surface area (Å²) in [6, 6.07) is -1.11. The summed E-state index contributed by atoms with van der Waals surface area (Å²) >= 11 is 0. The molecule has 4 rings (SSSR count). The van der Waals surface area contributed by atoms with Crippen LogP contribution in [0.1, 0.15) is 76.7 Å². The molecular weight excluding hydrogens is 620 g/mol. The summed E-state index contributed by atoms with van der Waals surface area (Å²) < 4.78 is 43.6. The second-order valence-electron chi connectivity index (χ2n) is 12.8. The molecular formula is C32H41F2N5O8. The summed E-state index contributed by atoms with van der Waals surface area (Å²) in [6.45, 7) is 7.72. The van der Waals surface area contributed by atoms with Crippen LogP contribution in [0.5, 0.6) is 5.75 Å². The molecule has 13 nitrogen and oxygen atoms in total. The van der Waals surface area contributed by atoms with Crippen LogP contribution in [-0.4, -0.2) is 78.0 Å². The number of carboxylic acid groups (broad SMARTS) is 1. The predicted octanol–water partition coefficient (Wildman–Crippen LogP) is 3.54. The number of piperidine rings is 1. The number of nitrogens with zero attached hydrogens (tertiary/aromatic N) is 2. The predicted molar refractivity (Wildman–Crippen MR) is 169 cm³/mol. The zero-order valence-electron chi connectivity index (χ0n) is 27.3. The van der Waals surface area contributed by atoms with Crippen molar-refractivity contribution in [2.45, 2.75) is 84.0 Å². The number of alkyl carbamates (subject to hydrolysis) is 1. The highest BCUT2D eigenvalue weighted by atomic mass is 19.1. The van der Waals surface area contributed by atoms with Gasteiger partial charge in [-0.05, 0) is 71.9 Å². The molecule has 2 unspecified atom stereocenters. The van der Waals surface area contributed by atoms with Crippen LogP contribution in [-0.2, 0) is 14.3 Å². The Morgan fingerprint density at radius 3 is 2.36 bits per heavy atom. The van der Waals surface area contributed by atoms with E-state index in [1.54, 1.807) is 30.2 Å². The fraction of sp³-hybridized carbons (Fsp3) is 0.531. The molecule has 1 saturated carbocycles. The van der Waals surface area contributed by atoms with Gasteiger partial charge in [0.2, 0.25) is 17.2 Å². The van der Waals surface area contributed by atoms with E-state index in [9.17, 15) is 29.1 Å². The highest BCUT2D eigenvalue weighted by molar-refractivity contribution is 5.97. The average Bonchev–Trinajstić information content (AvgIpc) is 3.83. The first-order valence-electron chi connectivity index (χ1n) is 15.4. The molecule has 0 radical (unpaired) electrons. The molecule has 2 heterocycles. The van der Waals surface area contributed by atoms with Gasteiger partial charge in [-0.3, -0.25) is 14.4 Å². The van der Waals surface area contributed by atoms with Crippen molar-refractivity contribution in [1.29, 1.82) is 0 Å². The number of methoxy groups -OCH3 is 1. The number of aromatic nitrogens is 1. The average molecular weight is 662 g/mol. The van der Waals surface area contributed by atoms with Crippen LogP contribution in [0.25, 0.3) is 10.9 Å². The highest BCUT2D eigenvalue weighted by Gasteiger charge is 2.32. The monoisotopic (exact) mass is 661 g/mol. The van der Waals surface area contributed by atoms with Crippen molar-refractivity contribution in [2.75, 3.05) is 31.6 Å². The first kappa shape index (κ1) is 35.2. The number of amides is 3. The van der Waals surface area contributed by atoms with Gasteiger partial charge in [-0.25, -0.2) is 18.4 Å². The Bertz CT molecular complexity index is 1680. The number of benzene rings is 1. The van der Waals surface area contributed by atoms with E-state index in [2.05, 4.69) is 16.0 Å². The first-order chi connectivity index (χ1) is 22.0. The number of fused-ring (bicyclic) bond motifs is 1. The number of carbonyl (C=O) groups is 4. The summed E-state index contributed by atoms with van der Waals surface area (Å²) in [5.41, 5.74) is -1.43. The van der Waals surface area contributed by atoms with Crippen LogP contribution in [0, 0.1) is 5.82 Å². The van der Waals surface area contributed by atoms with E-state index in [1.165, 1.54) is 27.2 Å². The van der Waals surface area contributed by atoms with E-state index in [4.69, 9.17) is 9.47 Å². The molecule has 3 amide bonds. The van der Waals surface area contributed by atoms with Gasteiger partial charge < -0.3 is 40.0 Å². The lowest BCUT2D eigenvalue weighted by Crippen LogP contribution is -2.52. The van der Waals surface area contributed by atoms with E-state index in [0.29, 0.717) is 25.0 Å². The number of halogens is 2. The number of aromatic carboxylic acids is 1. The van der Waals surface area contributed by atoms with Gasteiger partial charge >= 0.3 is 12.1 Å². The molecule has 2 aliphatic rings. The van der Waals surface area contributed by atoms with E-state index in [0.717, 1.165) is 18.9 Å². The Morgan fingerprint density at radius 1 is 1.11 bits per heavy atom. The van der Waals surface area contributed by atoms with Gasteiger partial charge in [0, 0.05) is 25.3 Å². The molecule has 256 valence electrons. The standard InChI is InChI=1S/C32H41F2N5O8/c1-16(36-29(42)17(2)37-31(45)47-32(3,4)5)28(41)35-13-23(34)18-8-7-11-38(14-18)25-22(33)12-20-24(27(25)46-6)39(19-9-10-19)15-21(26(20)40)30(43)44/h12,15-17,19H,7-11,13-14H2,1-6H3,(H,35,41)(H,36,42)(H,37,45)(H,43,44). The van der Waals surface area contributed by atoms with Gasteiger partial charge in [0.15, 0.2) is 11.6 Å². The third kappa shape index (κ3) is 8.19. The minimum absolute atomic E-state index is 0.0244. The smallest absolute Gasteiger partial charge is 0.408 e. The molecule has 1 aliphatic carbocycles. The molecule has 2 fully saturated rings. The third-order valence-electron chi connectivity index (χ3n) is 7.86. The maximum atomic E-state index is 15.7. The number of carbonyl (C=O) groups excluding carboxylic acids is 3. The van der Waals surface area contributed by atoms with Crippen LogP contribution < -0.4 is 31.0 Å². The van der Waals surface area contributed by atoms with Gasteiger partial charge in [-0.15, -0.1) is 0 Å². The maximum Gasteiger partial charge on any atom is 0.408 e. The second-order valence-corrected chi connectivity index (χ2v) is 12.8. The second kappa shape index (κ2) is 14.0. The Kier molecular flexibility index (Phi) is 10.5. The lowest BCUT2D eigenvalue weighted by Gasteiger charge is -2.33. The summed E-state index contributed by atoms with van der Waals surface area (Å²) in [7, 11) is 1.33. The van der Waals surface area contributed by atoms with Crippen LogP contribution >= 0.6 is 0 Å². The lowest BCUT2D eigenvalue weighted by atomic mass is 10.0. The quantitative estimate of drug-likeness (QED) is 0.298. The molecule has 47 heavy (non-hydrogen) atoms. The number of anilines is 1. The Labute approximate surface area is 270 Å². The molecule has 4 N–H and O–H groups in total. The van der Waals surface area contributed by atoms with Gasteiger partial charge in [0.25, 0.3) is 0 Å². The topological polar surface area (TPSA) is 168 Å². The maximum absolute atomic E-state index is 15.7. The van der Waals surface area contributed by atoms with Crippen LogP contribution in [0.2, 0.25) is 0 Å². The van der Waals surface area contributed by atoms with E-state index in [-0.39, 0.29) is 34.9 Å². The van der Waals surface area contributed by atoms with Crippen LogP contribution in [0.3, 0.4) is 0 Å². The van der Waals surface area contributed by atoms with E-state index < -0.39 is 70.7 Å². The van der Waals surface area contributed by atoms with Crippen molar-refractivity contribution in [3.8, 4) is 5.75 Å². The number of rotatable bonds is 10. The highest BCUT2D eigenvalue weighted by Crippen LogP contribution is 2.44. The molecule has 0 spiro atoms. The van der Waals surface area contributed by atoms with Gasteiger partial charge in [0.05, 0.1) is 24.6 Å². The number of hydrogen-bond acceptors (Lipinski definition) is 8. The number of ether oxygens (including phenoxy) is 2. The molecule has 2 aromatic rings. The lowest BCUT2D eigenvalue weighted by molar-refractivity contribution is -0.129. The van der Waals surface area contributed by atoms with Crippen molar-refractivity contribution in [3.05, 3.63) is 45.3 Å². The molecule has 1 saturated heterocycles. The van der Waals surface area contributed by atoms with Crippen LogP contribution in [0.4, 0.5) is 19.3 Å². The number of hydrogen-bond donors (Lipinski definition) is 4. The summed E-state index contributed by atoms with van der Waals surface area (Å²) in [6.07, 6.45) is 2.79. The van der Waals surface area contributed by atoms with Crippen molar-refractivity contribution in [3.63, 3.8) is 0 Å². The minimum atomic E-state index is -1.41. The van der Waals surface area contributed by atoms with Crippen molar-refractivity contribution in [1.82, 2.24) is 20.5 Å². The molecule has 1 aromatic heterocycles. The SMILES string of the molecule is COc1c(N2CCCC(=C(F)CNC(=O)C(C)NC(=O)C(C)NC(=O)OC(C)(C)C)C2)c(F)cc2c(=O)c(C(=O)O)cn(C3CC3)c12. The van der Waals surface area contributed by atoms with Gasteiger partial charge in [-0.2, -0.15) is 0 Å². The minimum Gasteiger partial charge on any atom is -0.492 e. The van der Waals surface area contributed by atoms with Gasteiger partial charge in [-0.1, -0.05) is 0 Å². The fourth-order valence-corrected chi connectivity index (χ4v) is 5.40. The summed E-state index contributed by atoms with van der Waals surface area (Å²) in [4.78, 5) is 63.4. The summed E-state index contributed by atoms with van der Waals surface area (Å²) in [5.74, 6) is -4.10. The van der Waals surface area contributed by atoms with Crippen molar-refractivity contribution in [2.24, 2.45) is 0 Å². The Morgan fingerprint density at radius 2 is 1.77 bits per heavy atom. The van der Waals surface area contributed by atoms with E-state index >= 15 is 8.78 Å². The molecule has 1 aromatic carbocycles. The van der Waals surface area contributed by atoms with Crippen molar-refractivity contribution >= 4 is 40.5 Å². The zero-order valence-corrected chi connectivity index (χ0v) is 27.3. The zero-order chi connectivity index (χ0) is 34.8. The number of nitrogens with one attached hydrogen (secondary N) is 3. The molecule has 2 atom stereocenters. The Hall–Kier alpha value is -4.69. The van der Waals surface area contributed by atoms with Gasteiger partial charge in [0.1, 0.15) is 34.8 Å².